The van der Waals surface area contributed by atoms with Crippen LogP contribution < -0.4 is 14.8 Å². The molecule has 0 aromatic heterocycles. The van der Waals surface area contributed by atoms with Gasteiger partial charge in [-0.25, -0.2) is 9.69 Å². The van der Waals surface area contributed by atoms with Crippen molar-refractivity contribution >= 4 is 11.9 Å². The van der Waals surface area contributed by atoms with Crippen molar-refractivity contribution in [3.05, 3.63) is 23.3 Å². The van der Waals surface area contributed by atoms with Crippen molar-refractivity contribution < 1.29 is 24.2 Å². The Kier molecular flexibility index (Phi) is 4.93. The molecule has 28 heavy (non-hydrogen) atoms. The van der Waals surface area contributed by atoms with E-state index in [2.05, 4.69) is 5.32 Å². The number of aliphatic hydroxyl groups is 1. The van der Waals surface area contributed by atoms with Crippen LogP contribution in [-0.4, -0.2) is 59.8 Å². The standard InChI is InChI=1S/C20H27N3O5/c1-27-15-6-7-16(28-2)17-13(15)10-22(11-14(17)24)12-23-18(25)20(21-19(23)26)8-4-3-5-9-20/h6-7,14,24H,3-5,8-12H2,1-2H3,(H,21,26). The molecule has 1 aliphatic carbocycles. The number of hydrogen-bond acceptors (Lipinski definition) is 6. The van der Waals surface area contributed by atoms with E-state index in [1.165, 1.54) is 4.90 Å². The minimum absolute atomic E-state index is 0.142. The summed E-state index contributed by atoms with van der Waals surface area (Å²) >= 11 is 0. The van der Waals surface area contributed by atoms with Gasteiger partial charge in [0.1, 0.15) is 17.0 Å². The molecule has 1 saturated carbocycles. The fraction of sp³-hybridized carbons (Fsp3) is 0.600. The van der Waals surface area contributed by atoms with Gasteiger partial charge in [0.05, 0.1) is 27.0 Å². The minimum atomic E-state index is -0.793. The summed E-state index contributed by atoms with van der Waals surface area (Å²) in [6.45, 7) is 0.903. The summed E-state index contributed by atoms with van der Waals surface area (Å²) in [7, 11) is 3.15. The Morgan fingerprint density at radius 1 is 1.14 bits per heavy atom. The van der Waals surface area contributed by atoms with Crippen LogP contribution in [-0.2, 0) is 11.3 Å². The molecular weight excluding hydrogens is 362 g/mol. The number of rotatable bonds is 4. The van der Waals surface area contributed by atoms with Gasteiger partial charge in [-0.05, 0) is 25.0 Å². The molecule has 1 saturated heterocycles. The Morgan fingerprint density at radius 3 is 2.50 bits per heavy atom. The van der Waals surface area contributed by atoms with Gasteiger partial charge in [-0.2, -0.15) is 0 Å². The van der Waals surface area contributed by atoms with E-state index in [1.54, 1.807) is 26.4 Å². The number of β-amino-alcohol motifs (C(OH)–C–C–N with tert-alkyl or cyclic N) is 1. The fourth-order valence-corrected chi connectivity index (χ4v) is 4.75. The van der Waals surface area contributed by atoms with E-state index in [0.29, 0.717) is 43.0 Å². The van der Waals surface area contributed by atoms with Gasteiger partial charge in [0.15, 0.2) is 0 Å². The summed E-state index contributed by atoms with van der Waals surface area (Å²) in [5.41, 5.74) is 0.793. The summed E-state index contributed by atoms with van der Waals surface area (Å²) in [5.74, 6) is 1.12. The van der Waals surface area contributed by atoms with Crippen LogP contribution in [0.2, 0.25) is 0 Å². The number of fused-ring (bicyclic) bond motifs is 1. The maximum Gasteiger partial charge on any atom is 0.326 e. The number of imide groups is 1. The number of benzene rings is 1. The number of aliphatic hydroxyl groups excluding tert-OH is 1. The third kappa shape index (κ3) is 3.00. The zero-order valence-corrected chi connectivity index (χ0v) is 16.4. The lowest BCUT2D eigenvalue weighted by molar-refractivity contribution is -0.134. The Hall–Kier alpha value is -2.32. The summed E-state index contributed by atoms with van der Waals surface area (Å²) in [6.07, 6.45) is 3.61. The molecule has 3 amide bonds. The number of carbonyl (C=O) groups excluding carboxylic acids is 2. The third-order valence-corrected chi connectivity index (χ3v) is 6.15. The number of hydrogen-bond donors (Lipinski definition) is 2. The molecule has 2 N–H and O–H groups in total. The molecule has 0 radical (unpaired) electrons. The van der Waals surface area contributed by atoms with Crippen LogP contribution in [0.3, 0.4) is 0 Å². The third-order valence-electron chi connectivity index (χ3n) is 6.15. The van der Waals surface area contributed by atoms with E-state index in [9.17, 15) is 14.7 Å². The van der Waals surface area contributed by atoms with Gasteiger partial charge in [0, 0.05) is 24.2 Å². The molecule has 2 fully saturated rings. The SMILES string of the molecule is COc1ccc(OC)c2c1CN(CN1C(=O)NC3(CCCCC3)C1=O)CC2O. The lowest BCUT2D eigenvalue weighted by Gasteiger charge is -2.35. The molecule has 4 rings (SSSR count). The van der Waals surface area contributed by atoms with Crippen LogP contribution in [0.4, 0.5) is 4.79 Å². The summed E-state index contributed by atoms with van der Waals surface area (Å²) in [5, 5.41) is 13.7. The van der Waals surface area contributed by atoms with E-state index < -0.39 is 11.6 Å². The van der Waals surface area contributed by atoms with E-state index in [4.69, 9.17) is 9.47 Å². The van der Waals surface area contributed by atoms with Gasteiger partial charge in [0.2, 0.25) is 0 Å². The molecule has 2 heterocycles. The van der Waals surface area contributed by atoms with Crippen molar-refractivity contribution in [3.63, 3.8) is 0 Å². The first-order valence-corrected chi connectivity index (χ1v) is 9.77. The maximum absolute atomic E-state index is 13.0. The molecular formula is C20H27N3O5. The number of ether oxygens (including phenoxy) is 2. The van der Waals surface area contributed by atoms with Crippen LogP contribution in [0, 0.1) is 0 Å². The van der Waals surface area contributed by atoms with Gasteiger partial charge in [-0.3, -0.25) is 9.69 Å². The van der Waals surface area contributed by atoms with E-state index in [1.807, 2.05) is 4.90 Å². The van der Waals surface area contributed by atoms with Crippen LogP contribution in [0.25, 0.3) is 0 Å². The number of urea groups is 1. The molecule has 0 bridgehead atoms. The molecule has 8 nitrogen and oxygen atoms in total. The first-order chi connectivity index (χ1) is 13.5. The minimum Gasteiger partial charge on any atom is -0.496 e. The van der Waals surface area contributed by atoms with Crippen LogP contribution in [0.5, 0.6) is 11.5 Å². The monoisotopic (exact) mass is 389 g/mol. The lowest BCUT2D eigenvalue weighted by Crippen LogP contribution is -2.49. The average Bonchev–Trinajstić information content (AvgIpc) is 2.91. The van der Waals surface area contributed by atoms with Crippen molar-refractivity contribution in [3.8, 4) is 11.5 Å². The van der Waals surface area contributed by atoms with Crippen LogP contribution in [0.15, 0.2) is 12.1 Å². The highest BCUT2D eigenvalue weighted by Gasteiger charge is 2.51. The highest BCUT2D eigenvalue weighted by atomic mass is 16.5. The molecule has 1 unspecified atom stereocenters. The second-order valence-electron chi connectivity index (χ2n) is 7.84. The van der Waals surface area contributed by atoms with Crippen LogP contribution >= 0.6 is 0 Å². The average molecular weight is 389 g/mol. The molecule has 2 aliphatic heterocycles. The summed E-state index contributed by atoms with van der Waals surface area (Å²) < 4.78 is 10.9. The molecule has 152 valence electrons. The van der Waals surface area contributed by atoms with Crippen molar-refractivity contribution in [1.82, 2.24) is 15.1 Å². The zero-order valence-electron chi connectivity index (χ0n) is 16.4. The Labute approximate surface area is 164 Å². The van der Waals surface area contributed by atoms with Crippen molar-refractivity contribution in [2.75, 3.05) is 27.4 Å². The predicted molar refractivity (Wildman–Crippen MR) is 101 cm³/mol. The molecule has 1 atom stereocenters. The quantitative estimate of drug-likeness (QED) is 0.763. The summed E-state index contributed by atoms with van der Waals surface area (Å²) in [6, 6.07) is 3.24. The molecule has 3 aliphatic rings. The second kappa shape index (κ2) is 7.25. The van der Waals surface area contributed by atoms with Crippen molar-refractivity contribution in [2.45, 2.75) is 50.3 Å². The normalized spacial score (nSPS) is 24.2. The fourth-order valence-electron chi connectivity index (χ4n) is 4.75. The van der Waals surface area contributed by atoms with Gasteiger partial charge < -0.3 is 19.9 Å². The highest BCUT2D eigenvalue weighted by molar-refractivity contribution is 6.07. The largest absolute Gasteiger partial charge is 0.496 e. The van der Waals surface area contributed by atoms with Gasteiger partial charge >= 0.3 is 6.03 Å². The zero-order chi connectivity index (χ0) is 19.9. The molecule has 1 aromatic carbocycles. The highest BCUT2D eigenvalue weighted by Crippen LogP contribution is 2.40. The molecule has 1 aromatic rings. The Bertz CT molecular complexity index is 790. The smallest absolute Gasteiger partial charge is 0.326 e. The first-order valence-electron chi connectivity index (χ1n) is 9.77. The van der Waals surface area contributed by atoms with E-state index in [0.717, 1.165) is 24.8 Å². The topological polar surface area (TPSA) is 91.3 Å². The lowest BCUT2D eigenvalue weighted by atomic mass is 9.82. The number of nitrogens with one attached hydrogen (secondary N) is 1. The van der Waals surface area contributed by atoms with Gasteiger partial charge in [-0.15, -0.1) is 0 Å². The maximum atomic E-state index is 13.0. The van der Waals surface area contributed by atoms with E-state index in [-0.39, 0.29) is 18.6 Å². The van der Waals surface area contributed by atoms with Crippen molar-refractivity contribution in [1.29, 1.82) is 0 Å². The number of nitrogens with zero attached hydrogens (tertiary/aromatic N) is 2. The first kappa shape index (κ1) is 19.0. The number of methoxy groups -OCH3 is 2. The summed E-state index contributed by atoms with van der Waals surface area (Å²) in [4.78, 5) is 28.8. The van der Waals surface area contributed by atoms with Gasteiger partial charge in [0.25, 0.3) is 5.91 Å². The van der Waals surface area contributed by atoms with Gasteiger partial charge in [-0.1, -0.05) is 19.3 Å². The molecule has 8 heteroatoms. The Balaban J connectivity index is 1.56. The van der Waals surface area contributed by atoms with Crippen LogP contribution in [0.1, 0.15) is 49.3 Å². The Morgan fingerprint density at radius 2 is 1.82 bits per heavy atom. The number of carbonyl (C=O) groups is 2. The second-order valence-corrected chi connectivity index (χ2v) is 7.84. The van der Waals surface area contributed by atoms with E-state index >= 15 is 0 Å². The van der Waals surface area contributed by atoms with Crippen molar-refractivity contribution in [2.24, 2.45) is 0 Å². The predicted octanol–water partition coefficient (Wildman–Crippen LogP) is 1.76. The molecule has 1 spiro atoms. The number of amides is 3.